The highest BCUT2D eigenvalue weighted by molar-refractivity contribution is 5.16. The summed E-state index contributed by atoms with van der Waals surface area (Å²) in [4.78, 5) is 0. The quantitative estimate of drug-likeness (QED) is 0.0331. The Morgan fingerprint density at radius 3 is 1.40 bits per heavy atom. The Labute approximate surface area is 476 Å². The van der Waals surface area contributed by atoms with Crippen molar-refractivity contribution in [2.75, 3.05) is 92.1 Å². The van der Waals surface area contributed by atoms with Gasteiger partial charge in [0.15, 0.2) is 0 Å². The lowest BCUT2D eigenvalue weighted by Crippen LogP contribution is -2.63. The van der Waals surface area contributed by atoms with Gasteiger partial charge in [0.05, 0.1) is 36.6 Å². The molecule has 454 valence electrons. The average molecular weight is 1100 g/mol. The molecular weight excluding hydrogens is 977 g/mol. The zero-order valence-corrected chi connectivity index (χ0v) is 50.7. The molecular formula is C65H122N6O7. The standard InChI is InChI=1S/C65H122N6O7/c1-44(50-16-17-51-60(50)58(77-36-12-28-70)42-54-61(51)56(75-34-10-26-68)40-46-38-48(73-32-8-24-66)20-22-63(46,54)3)14-6-30-72-31-7-15-45(2)52-18-19-53-62-55(43-59(65(52,53)5)78-37-13-29-71)64(4)23-21-49(74-33-9-25-67)39-47(64)41-57(62)76-35-11-27-69/h44-62H,6-43,66-71H2,1-5H3/t44-,45-,46+,47+,48-,49-,50-,51-,52-,53+,54+,55+,56+,57-,58+,59+,60-,61+,62+,63+,64+,65-/m1/s1. The molecule has 0 saturated heterocycles. The summed E-state index contributed by atoms with van der Waals surface area (Å²) in [5.41, 5.74) is 36.7. The highest BCUT2D eigenvalue weighted by Gasteiger charge is 2.67. The minimum atomic E-state index is 0.107. The van der Waals surface area contributed by atoms with E-state index in [0.29, 0.717) is 141 Å². The molecule has 8 fully saturated rings. The van der Waals surface area contributed by atoms with Gasteiger partial charge in [0, 0.05) is 58.3 Å². The Kier molecular flexibility index (Phi) is 24.8. The highest BCUT2D eigenvalue weighted by atomic mass is 16.5. The van der Waals surface area contributed by atoms with E-state index in [1.54, 1.807) is 0 Å². The Bertz CT molecular complexity index is 1720. The number of rotatable bonds is 34. The summed E-state index contributed by atoms with van der Waals surface area (Å²) in [6.45, 7) is 23.5. The van der Waals surface area contributed by atoms with E-state index in [2.05, 4.69) is 34.6 Å². The number of nitrogens with two attached hydrogens (primary N) is 6. The van der Waals surface area contributed by atoms with Gasteiger partial charge in [-0.25, -0.2) is 0 Å². The van der Waals surface area contributed by atoms with Crippen molar-refractivity contribution in [3.8, 4) is 0 Å². The van der Waals surface area contributed by atoms with Gasteiger partial charge in [-0.2, -0.15) is 0 Å². The van der Waals surface area contributed by atoms with Gasteiger partial charge in [-0.05, 0) is 281 Å². The third-order valence-electron chi connectivity index (χ3n) is 24.2. The van der Waals surface area contributed by atoms with Crippen LogP contribution >= 0.6 is 0 Å². The second-order valence-corrected chi connectivity index (χ2v) is 28.2. The lowest BCUT2D eigenvalue weighted by molar-refractivity contribution is -0.227. The Morgan fingerprint density at radius 2 is 0.872 bits per heavy atom. The molecule has 0 spiro atoms. The van der Waals surface area contributed by atoms with Crippen molar-refractivity contribution in [1.29, 1.82) is 0 Å². The molecule has 13 nitrogen and oxygen atoms in total. The van der Waals surface area contributed by atoms with Crippen molar-refractivity contribution in [2.45, 2.75) is 225 Å². The van der Waals surface area contributed by atoms with Crippen molar-refractivity contribution in [1.82, 2.24) is 0 Å². The van der Waals surface area contributed by atoms with Gasteiger partial charge >= 0.3 is 0 Å². The van der Waals surface area contributed by atoms with E-state index in [4.69, 9.17) is 67.6 Å². The van der Waals surface area contributed by atoms with Crippen LogP contribution in [0.25, 0.3) is 0 Å². The van der Waals surface area contributed by atoms with Crippen LogP contribution in [0.15, 0.2) is 0 Å². The summed E-state index contributed by atoms with van der Waals surface area (Å²) < 4.78 is 47.8. The number of hydrogen-bond donors (Lipinski definition) is 6. The first kappa shape index (κ1) is 63.5. The van der Waals surface area contributed by atoms with Crippen LogP contribution in [0.4, 0.5) is 0 Å². The number of fused-ring (bicyclic) bond motifs is 10. The molecule has 78 heavy (non-hydrogen) atoms. The van der Waals surface area contributed by atoms with E-state index in [1.807, 2.05) is 0 Å². The van der Waals surface area contributed by atoms with Gasteiger partial charge in [0.2, 0.25) is 0 Å². The first-order valence-corrected chi connectivity index (χ1v) is 33.4. The molecule has 0 aliphatic heterocycles. The average Bonchev–Trinajstić information content (AvgIpc) is 4.12. The van der Waals surface area contributed by atoms with E-state index >= 15 is 0 Å². The third-order valence-corrected chi connectivity index (χ3v) is 24.2. The molecule has 8 saturated carbocycles. The fourth-order valence-electron chi connectivity index (χ4n) is 20.1. The van der Waals surface area contributed by atoms with Gasteiger partial charge in [-0.1, -0.05) is 34.6 Å². The summed E-state index contributed by atoms with van der Waals surface area (Å²) in [6, 6.07) is 0. The van der Waals surface area contributed by atoms with Crippen LogP contribution in [0.5, 0.6) is 0 Å². The van der Waals surface area contributed by atoms with E-state index in [-0.39, 0.29) is 28.5 Å². The van der Waals surface area contributed by atoms with Crippen LogP contribution in [0, 0.1) is 93.2 Å². The van der Waals surface area contributed by atoms with E-state index in [9.17, 15) is 0 Å². The van der Waals surface area contributed by atoms with E-state index in [1.165, 1.54) is 51.4 Å². The second-order valence-electron chi connectivity index (χ2n) is 28.2. The van der Waals surface area contributed by atoms with Gasteiger partial charge in [-0.15, -0.1) is 0 Å². The normalized spacial score (nSPS) is 41.8. The summed E-state index contributed by atoms with van der Waals surface area (Å²) in [7, 11) is 0. The zero-order valence-electron chi connectivity index (χ0n) is 50.7. The largest absolute Gasteiger partial charge is 0.381 e. The van der Waals surface area contributed by atoms with Crippen molar-refractivity contribution >= 4 is 0 Å². The molecule has 8 rings (SSSR count). The monoisotopic (exact) mass is 1100 g/mol. The fraction of sp³-hybridized carbons (Fsp3) is 1.00. The van der Waals surface area contributed by atoms with Crippen LogP contribution in [-0.4, -0.2) is 129 Å². The number of ether oxygens (including phenoxy) is 7. The third kappa shape index (κ3) is 14.2. The molecule has 0 unspecified atom stereocenters. The minimum absolute atomic E-state index is 0.107. The molecule has 0 heterocycles. The molecule has 0 aromatic heterocycles. The molecule has 0 amide bonds. The van der Waals surface area contributed by atoms with Crippen LogP contribution < -0.4 is 34.4 Å². The van der Waals surface area contributed by atoms with Crippen molar-refractivity contribution < 1.29 is 33.2 Å². The maximum absolute atomic E-state index is 7.16. The molecule has 8 aliphatic rings. The Balaban J connectivity index is 0.862. The molecule has 0 aromatic carbocycles. The van der Waals surface area contributed by atoms with Crippen molar-refractivity contribution in [2.24, 2.45) is 128 Å². The Morgan fingerprint density at radius 1 is 0.410 bits per heavy atom. The summed E-state index contributed by atoms with van der Waals surface area (Å²) in [6.07, 6.45) is 28.8. The molecule has 12 N–H and O–H groups in total. The summed E-state index contributed by atoms with van der Waals surface area (Å²) in [5, 5.41) is 0. The SMILES string of the molecule is C[C@H](CCCOCCC[C@@H](C)[C@H]1CC[C@H]2[C@@H]3[C@H](OCCCN)C[C@@H]4C[C@H](OCCCN)CC[C@]4(C)[C@H]3C[C@H](OCCCN)[C@]12C)[C@H]1CC[C@@H]2[C@@H]1[C@@H](OCCCN)C[C@H]1[C@H]2[C@@H](OCCCN)C[C@@H]2C[C@H](OCCCN)CC[C@@]21C. The lowest BCUT2D eigenvalue weighted by Gasteiger charge is -2.65. The fourth-order valence-corrected chi connectivity index (χ4v) is 20.1. The Hall–Kier alpha value is -0.520. The van der Waals surface area contributed by atoms with Crippen LogP contribution in [-0.2, 0) is 33.2 Å². The van der Waals surface area contributed by atoms with Gasteiger partial charge in [0.1, 0.15) is 0 Å². The maximum Gasteiger partial charge on any atom is 0.0637 e. The molecule has 8 aliphatic carbocycles. The van der Waals surface area contributed by atoms with Crippen molar-refractivity contribution in [3.63, 3.8) is 0 Å². The topological polar surface area (TPSA) is 221 Å². The first-order chi connectivity index (χ1) is 37.9. The van der Waals surface area contributed by atoms with Crippen LogP contribution in [0.3, 0.4) is 0 Å². The predicted octanol–water partition coefficient (Wildman–Crippen LogP) is 9.61. The zero-order chi connectivity index (χ0) is 55.3. The van der Waals surface area contributed by atoms with Gasteiger partial charge in [-0.3, -0.25) is 0 Å². The van der Waals surface area contributed by atoms with Crippen LogP contribution in [0.1, 0.15) is 189 Å². The predicted molar refractivity (Wildman–Crippen MR) is 315 cm³/mol. The molecule has 0 aromatic rings. The summed E-state index contributed by atoms with van der Waals surface area (Å²) in [5.74, 6) is 7.87. The summed E-state index contributed by atoms with van der Waals surface area (Å²) >= 11 is 0. The number of hydrogen-bond acceptors (Lipinski definition) is 13. The van der Waals surface area contributed by atoms with Gasteiger partial charge in [0.25, 0.3) is 0 Å². The smallest absolute Gasteiger partial charge is 0.0637 e. The molecule has 22 atom stereocenters. The maximum atomic E-state index is 7.16. The van der Waals surface area contributed by atoms with E-state index in [0.717, 1.165) is 156 Å². The van der Waals surface area contributed by atoms with Crippen LogP contribution in [0.2, 0.25) is 0 Å². The lowest BCUT2D eigenvalue weighted by atomic mass is 9.43. The van der Waals surface area contributed by atoms with Gasteiger partial charge < -0.3 is 67.6 Å². The highest BCUT2D eigenvalue weighted by Crippen LogP contribution is 2.70. The molecule has 13 heteroatoms. The molecule has 0 radical (unpaired) electrons. The van der Waals surface area contributed by atoms with E-state index < -0.39 is 0 Å². The first-order valence-electron chi connectivity index (χ1n) is 33.4. The minimum Gasteiger partial charge on any atom is -0.381 e. The van der Waals surface area contributed by atoms with Crippen molar-refractivity contribution in [3.05, 3.63) is 0 Å². The second kappa shape index (κ2) is 30.5. The molecule has 0 bridgehead atoms.